The number of nitrogens with zero attached hydrogens (tertiary/aromatic N) is 7. The van der Waals surface area contributed by atoms with Crippen LogP contribution in [0.1, 0.15) is 53.6 Å². The standard InChI is InChI=1S/C28H27F4N7OS/c1-17(2)39-35-15-25(36-39)41-37-10-8-19-12-24-18(14-34-38(24)22-5-3-21(29)4-6-22)13-27(19,16-37)26(40)23-11-20(7-9-33-23)28(30,31)32/h3-7,9,11,14-15,17,19H,8,10,12-13,16H2,1-2H3. The van der Waals surface area contributed by atoms with Gasteiger partial charge in [-0.1, -0.05) is 0 Å². The molecule has 0 bridgehead atoms. The van der Waals surface area contributed by atoms with Crippen LogP contribution in [0.25, 0.3) is 5.69 Å². The second-order valence-corrected chi connectivity index (χ2v) is 12.0. The molecule has 0 spiro atoms. The fourth-order valence-corrected chi connectivity index (χ4v) is 6.80. The zero-order chi connectivity index (χ0) is 28.9. The molecule has 4 heterocycles. The van der Waals surface area contributed by atoms with E-state index in [1.807, 2.05) is 18.2 Å². The van der Waals surface area contributed by atoms with E-state index in [2.05, 4.69) is 20.3 Å². The second kappa shape index (κ2) is 10.4. The highest BCUT2D eigenvalue weighted by atomic mass is 32.2. The van der Waals surface area contributed by atoms with E-state index in [9.17, 15) is 22.4 Å². The molecule has 2 atom stereocenters. The van der Waals surface area contributed by atoms with E-state index in [-0.39, 0.29) is 23.5 Å². The zero-order valence-corrected chi connectivity index (χ0v) is 23.2. The normalized spacial score (nSPS) is 21.1. The van der Waals surface area contributed by atoms with E-state index in [1.54, 1.807) is 34.0 Å². The SMILES string of the molecule is CC(C)n1ncc(SN2CCC3Cc4c(cnn4-c4ccc(F)cc4)CC3(C(=O)c3cc(C(F)(F)F)ccn3)C2)n1. The Hall–Kier alpha value is -3.58. The van der Waals surface area contributed by atoms with Gasteiger partial charge in [-0.15, -0.1) is 5.10 Å². The minimum Gasteiger partial charge on any atom is -0.292 e. The number of hydrogen-bond acceptors (Lipinski definition) is 7. The first-order valence-electron chi connectivity index (χ1n) is 13.3. The third kappa shape index (κ3) is 5.16. The Morgan fingerprint density at radius 3 is 2.61 bits per heavy atom. The summed E-state index contributed by atoms with van der Waals surface area (Å²) in [5.41, 5.74) is 0.326. The highest BCUT2D eigenvalue weighted by Gasteiger charge is 2.53. The topological polar surface area (TPSA) is 81.7 Å². The Labute approximate surface area is 237 Å². The van der Waals surface area contributed by atoms with Gasteiger partial charge in [0.05, 0.1) is 35.1 Å². The summed E-state index contributed by atoms with van der Waals surface area (Å²) < 4.78 is 58.0. The number of halogens is 4. The Kier molecular flexibility index (Phi) is 6.97. The molecule has 0 amide bonds. The van der Waals surface area contributed by atoms with Gasteiger partial charge in [0.2, 0.25) is 0 Å². The highest BCUT2D eigenvalue weighted by molar-refractivity contribution is 7.97. The summed E-state index contributed by atoms with van der Waals surface area (Å²) >= 11 is 1.39. The molecule has 4 aromatic rings. The molecule has 0 N–H and O–H groups in total. The first kappa shape index (κ1) is 27.6. The maximum Gasteiger partial charge on any atom is 0.416 e. The first-order valence-corrected chi connectivity index (χ1v) is 14.1. The van der Waals surface area contributed by atoms with E-state index in [1.165, 1.54) is 24.1 Å². The lowest BCUT2D eigenvalue weighted by Gasteiger charge is -2.49. The number of pyridine rings is 1. The van der Waals surface area contributed by atoms with Crippen molar-refractivity contribution in [3.8, 4) is 5.69 Å². The minimum atomic E-state index is -4.60. The summed E-state index contributed by atoms with van der Waals surface area (Å²) in [6.45, 7) is 4.90. The van der Waals surface area contributed by atoms with Crippen LogP contribution >= 0.6 is 11.9 Å². The number of Topliss-reactive ketones (excluding diaryl/α,β-unsaturated/α-hetero) is 1. The van der Waals surface area contributed by atoms with E-state index >= 15 is 0 Å². The zero-order valence-electron chi connectivity index (χ0n) is 22.3. The summed E-state index contributed by atoms with van der Waals surface area (Å²) in [6, 6.07) is 7.83. The molecule has 214 valence electrons. The third-order valence-corrected chi connectivity index (χ3v) is 8.83. The van der Waals surface area contributed by atoms with Gasteiger partial charge >= 0.3 is 6.18 Å². The van der Waals surface area contributed by atoms with Crippen molar-refractivity contribution in [2.45, 2.75) is 50.4 Å². The monoisotopic (exact) mass is 585 g/mol. The number of rotatable bonds is 6. The van der Waals surface area contributed by atoms with Crippen molar-refractivity contribution < 1.29 is 22.4 Å². The first-order chi connectivity index (χ1) is 19.5. The highest BCUT2D eigenvalue weighted by Crippen LogP contribution is 2.49. The van der Waals surface area contributed by atoms with Gasteiger partial charge in [0.1, 0.15) is 11.5 Å². The average Bonchev–Trinajstić information content (AvgIpc) is 3.58. The lowest BCUT2D eigenvalue weighted by molar-refractivity contribution is -0.137. The van der Waals surface area contributed by atoms with Crippen molar-refractivity contribution in [3.63, 3.8) is 0 Å². The number of fused-ring (bicyclic) bond motifs is 2. The summed E-state index contributed by atoms with van der Waals surface area (Å²) in [5.74, 6) is -0.936. The molecule has 6 rings (SSSR count). The van der Waals surface area contributed by atoms with Crippen molar-refractivity contribution in [2.75, 3.05) is 13.1 Å². The van der Waals surface area contributed by atoms with Gasteiger partial charge in [-0.3, -0.25) is 9.78 Å². The van der Waals surface area contributed by atoms with Gasteiger partial charge in [-0.2, -0.15) is 28.2 Å². The van der Waals surface area contributed by atoms with Crippen LogP contribution in [0, 0.1) is 17.2 Å². The number of ketones is 1. The molecular formula is C28H27F4N7OS. The van der Waals surface area contributed by atoms with Crippen LogP contribution < -0.4 is 0 Å². The fraction of sp³-hybridized carbons (Fsp3) is 0.393. The Bertz CT molecular complexity index is 1580. The van der Waals surface area contributed by atoms with Crippen LogP contribution in [0.4, 0.5) is 17.6 Å². The molecule has 1 aromatic carbocycles. The number of carbonyl (C=O) groups excluding carboxylic acids is 1. The van der Waals surface area contributed by atoms with Crippen molar-refractivity contribution in [2.24, 2.45) is 11.3 Å². The molecule has 8 nitrogen and oxygen atoms in total. The van der Waals surface area contributed by atoms with E-state index < -0.39 is 22.9 Å². The maximum atomic E-state index is 14.3. The van der Waals surface area contributed by atoms with Gasteiger partial charge in [-0.05, 0) is 92.9 Å². The Morgan fingerprint density at radius 1 is 1.12 bits per heavy atom. The van der Waals surface area contributed by atoms with Crippen LogP contribution in [-0.2, 0) is 19.0 Å². The number of benzene rings is 1. The minimum absolute atomic E-state index is 0.0874. The van der Waals surface area contributed by atoms with Crippen LogP contribution in [0.15, 0.2) is 60.0 Å². The van der Waals surface area contributed by atoms with Gasteiger partial charge in [-0.25, -0.2) is 13.4 Å². The van der Waals surface area contributed by atoms with Crippen LogP contribution in [0.3, 0.4) is 0 Å². The number of alkyl halides is 3. The average molecular weight is 586 g/mol. The Balaban J connectivity index is 1.38. The number of carbonyl (C=O) groups is 1. The molecule has 2 unspecified atom stereocenters. The van der Waals surface area contributed by atoms with E-state index in [0.717, 1.165) is 29.6 Å². The van der Waals surface area contributed by atoms with Crippen LogP contribution in [0.5, 0.6) is 0 Å². The molecule has 3 aromatic heterocycles. The summed E-state index contributed by atoms with van der Waals surface area (Å²) in [4.78, 5) is 20.0. The molecule has 1 aliphatic carbocycles. The van der Waals surface area contributed by atoms with Crippen molar-refractivity contribution >= 4 is 17.7 Å². The lowest BCUT2D eigenvalue weighted by atomic mass is 9.60. The van der Waals surface area contributed by atoms with Crippen molar-refractivity contribution in [1.29, 1.82) is 0 Å². The molecule has 0 radical (unpaired) electrons. The quantitative estimate of drug-likeness (QED) is 0.166. The maximum absolute atomic E-state index is 14.3. The van der Waals surface area contributed by atoms with Gasteiger partial charge in [0, 0.05) is 25.0 Å². The molecule has 41 heavy (non-hydrogen) atoms. The van der Waals surface area contributed by atoms with Crippen LogP contribution in [-0.4, -0.2) is 52.9 Å². The summed E-state index contributed by atoms with van der Waals surface area (Å²) in [7, 11) is 0. The fourth-order valence-electron chi connectivity index (χ4n) is 5.83. The predicted molar refractivity (Wildman–Crippen MR) is 143 cm³/mol. The van der Waals surface area contributed by atoms with Crippen LogP contribution in [0.2, 0.25) is 0 Å². The molecule has 2 aliphatic rings. The smallest absolute Gasteiger partial charge is 0.292 e. The molecule has 1 saturated heterocycles. The molecule has 1 fully saturated rings. The molecule has 13 heteroatoms. The number of piperidine rings is 1. The summed E-state index contributed by atoms with van der Waals surface area (Å²) in [5, 5.41) is 14.0. The van der Waals surface area contributed by atoms with Gasteiger partial charge in [0.25, 0.3) is 0 Å². The van der Waals surface area contributed by atoms with Crippen molar-refractivity contribution in [3.05, 3.63) is 83.3 Å². The summed E-state index contributed by atoms with van der Waals surface area (Å²) in [6.07, 6.45) is 1.24. The lowest BCUT2D eigenvalue weighted by Crippen LogP contribution is -2.55. The largest absolute Gasteiger partial charge is 0.416 e. The van der Waals surface area contributed by atoms with Gasteiger partial charge in [0.15, 0.2) is 10.8 Å². The van der Waals surface area contributed by atoms with Gasteiger partial charge < -0.3 is 0 Å². The third-order valence-electron chi connectivity index (χ3n) is 7.88. The predicted octanol–water partition coefficient (Wildman–Crippen LogP) is 5.59. The second-order valence-electron chi connectivity index (χ2n) is 10.8. The number of hydrogen-bond donors (Lipinski definition) is 0. The molecule has 1 aliphatic heterocycles. The van der Waals surface area contributed by atoms with E-state index in [0.29, 0.717) is 43.1 Å². The molecular weight excluding hydrogens is 558 g/mol. The van der Waals surface area contributed by atoms with Crippen molar-refractivity contribution in [1.82, 2.24) is 34.1 Å². The van der Waals surface area contributed by atoms with E-state index in [4.69, 9.17) is 0 Å². The molecule has 0 saturated carbocycles. The Morgan fingerprint density at radius 2 is 1.90 bits per heavy atom. The number of aromatic nitrogens is 6.